The van der Waals surface area contributed by atoms with Crippen LogP contribution in [0, 0.1) is 28.9 Å². The van der Waals surface area contributed by atoms with E-state index in [1.807, 2.05) is 0 Å². The van der Waals surface area contributed by atoms with Gasteiger partial charge in [-0.1, -0.05) is 0 Å². The smallest absolute Gasteiger partial charge is 0.273 e. The number of nitrogens with two attached hydrogens (primary N) is 1. The SMILES string of the molecule is Cc1cc([N+](=O)[O-])c2c(c1O)C(O)=C1C(=O)[C@]3(O)C(O)=C(C(N)=O)C(=O)[C@@H](N(C)C)[C@@H]3C[C@@H]1C2. The summed E-state index contributed by atoms with van der Waals surface area (Å²) < 4.78 is 0. The minimum atomic E-state index is -2.75. The van der Waals surface area contributed by atoms with Crippen LogP contribution in [-0.4, -0.2) is 73.5 Å². The number of nitro groups is 1. The van der Waals surface area contributed by atoms with Crippen LogP contribution in [0.4, 0.5) is 5.69 Å². The van der Waals surface area contributed by atoms with Crippen LogP contribution in [0.1, 0.15) is 23.1 Å². The number of aliphatic hydroxyl groups is 3. The second kappa shape index (κ2) is 7.37. The molecule has 0 spiro atoms. The van der Waals surface area contributed by atoms with Crippen LogP contribution < -0.4 is 5.73 Å². The van der Waals surface area contributed by atoms with E-state index in [1.165, 1.54) is 25.9 Å². The molecule has 12 nitrogen and oxygen atoms in total. The van der Waals surface area contributed by atoms with E-state index >= 15 is 0 Å². The van der Waals surface area contributed by atoms with E-state index < -0.39 is 68.7 Å². The van der Waals surface area contributed by atoms with Crippen molar-refractivity contribution in [3.8, 4) is 5.75 Å². The number of nitrogens with zero attached hydrogens (tertiary/aromatic N) is 2. The van der Waals surface area contributed by atoms with E-state index in [0.29, 0.717) is 0 Å². The van der Waals surface area contributed by atoms with Crippen LogP contribution in [0.25, 0.3) is 5.76 Å². The molecule has 3 aliphatic rings. The molecule has 1 aromatic rings. The Morgan fingerprint density at radius 3 is 2.41 bits per heavy atom. The second-order valence-electron chi connectivity index (χ2n) is 9.13. The molecule has 0 heterocycles. The number of aliphatic hydroxyl groups excluding tert-OH is 2. The summed E-state index contributed by atoms with van der Waals surface area (Å²) in [7, 11) is 2.97. The normalized spacial score (nSPS) is 28.6. The van der Waals surface area contributed by atoms with Gasteiger partial charge in [0.1, 0.15) is 22.8 Å². The molecular formula is C22H23N3O9. The van der Waals surface area contributed by atoms with Gasteiger partial charge in [0.05, 0.1) is 16.5 Å². The van der Waals surface area contributed by atoms with Crippen LogP contribution >= 0.6 is 0 Å². The van der Waals surface area contributed by atoms with Crippen LogP contribution in [0.15, 0.2) is 23.0 Å². The first-order valence-electron chi connectivity index (χ1n) is 10.4. The highest BCUT2D eigenvalue weighted by atomic mass is 16.6. The van der Waals surface area contributed by atoms with Gasteiger partial charge in [-0.25, -0.2) is 0 Å². The third kappa shape index (κ3) is 2.82. The van der Waals surface area contributed by atoms with Gasteiger partial charge in [-0.15, -0.1) is 0 Å². The summed E-state index contributed by atoms with van der Waals surface area (Å²) >= 11 is 0. The number of nitro benzene ring substituents is 1. The van der Waals surface area contributed by atoms with Crippen molar-refractivity contribution < 1.29 is 39.7 Å². The van der Waals surface area contributed by atoms with Crippen molar-refractivity contribution >= 4 is 28.9 Å². The van der Waals surface area contributed by atoms with Gasteiger partial charge in [0.25, 0.3) is 11.6 Å². The lowest BCUT2D eigenvalue weighted by atomic mass is 9.57. The Hall–Kier alpha value is -3.77. The molecule has 6 N–H and O–H groups in total. The van der Waals surface area contributed by atoms with Crippen LogP contribution in [0.2, 0.25) is 0 Å². The molecule has 0 radical (unpaired) electrons. The Morgan fingerprint density at radius 1 is 1.26 bits per heavy atom. The van der Waals surface area contributed by atoms with Crippen molar-refractivity contribution in [3.05, 3.63) is 49.8 Å². The van der Waals surface area contributed by atoms with E-state index in [2.05, 4.69) is 0 Å². The van der Waals surface area contributed by atoms with Gasteiger partial charge in [0.2, 0.25) is 5.78 Å². The number of benzene rings is 1. The molecule has 0 unspecified atom stereocenters. The molecule has 0 bridgehead atoms. The topological polar surface area (TPSA) is 205 Å². The molecule has 0 aliphatic heterocycles. The van der Waals surface area contributed by atoms with Gasteiger partial charge in [-0.05, 0) is 45.3 Å². The highest BCUT2D eigenvalue weighted by Crippen LogP contribution is 2.53. The number of hydrogen-bond acceptors (Lipinski definition) is 10. The monoisotopic (exact) mass is 473 g/mol. The summed E-state index contributed by atoms with van der Waals surface area (Å²) in [5, 5.41) is 55.5. The minimum Gasteiger partial charge on any atom is -0.508 e. The molecule has 34 heavy (non-hydrogen) atoms. The van der Waals surface area contributed by atoms with E-state index in [-0.39, 0.29) is 40.8 Å². The third-order valence-electron chi connectivity index (χ3n) is 7.08. The Morgan fingerprint density at radius 2 is 1.88 bits per heavy atom. The van der Waals surface area contributed by atoms with Gasteiger partial charge in [0.15, 0.2) is 11.4 Å². The van der Waals surface area contributed by atoms with Gasteiger partial charge >= 0.3 is 0 Å². The maximum Gasteiger partial charge on any atom is 0.273 e. The number of phenolic OH excluding ortho intramolecular Hbond substituents is 1. The fourth-order valence-electron chi connectivity index (χ4n) is 5.59. The first-order valence-corrected chi connectivity index (χ1v) is 10.4. The number of Topliss-reactive ketones (excluding diaryl/α,β-unsaturated/α-hetero) is 2. The number of ketones is 2. The number of hydrogen-bond donors (Lipinski definition) is 5. The zero-order valence-electron chi connectivity index (χ0n) is 18.5. The summed E-state index contributed by atoms with van der Waals surface area (Å²) in [6, 6.07) is -0.0627. The van der Waals surface area contributed by atoms with Crippen molar-refractivity contribution in [1.29, 1.82) is 0 Å². The van der Waals surface area contributed by atoms with Crippen LogP contribution in [0.5, 0.6) is 5.75 Å². The van der Waals surface area contributed by atoms with E-state index in [0.717, 1.165) is 6.07 Å². The number of rotatable bonds is 3. The maximum absolute atomic E-state index is 13.6. The second-order valence-corrected chi connectivity index (χ2v) is 9.13. The standard InChI is InChI=1S/C22H23N3O9/c1-7-4-11(25(33)34)9-5-8-6-10-15(24(2)3)18(28)14(21(23)31)20(30)22(10,32)19(29)12(8)17(27)13(9)16(7)26/h4,8,10,15,26-27,30,32H,5-6H2,1-3H3,(H2,23,31)/t8-,10-,15-,22-/m0/s1. The fraction of sp³-hybridized carbons (Fsp3) is 0.409. The van der Waals surface area contributed by atoms with Gasteiger partial charge in [0, 0.05) is 23.1 Å². The highest BCUT2D eigenvalue weighted by molar-refractivity contribution is 6.24. The van der Waals surface area contributed by atoms with E-state index in [4.69, 9.17) is 5.73 Å². The quantitative estimate of drug-likeness (QED) is 0.229. The minimum absolute atomic E-state index is 0.0127. The summed E-state index contributed by atoms with van der Waals surface area (Å²) in [6.07, 6.45) is -0.282. The Kier molecular flexibility index (Phi) is 5.07. The predicted octanol–water partition coefficient (Wildman–Crippen LogP) is 0.181. The first kappa shape index (κ1) is 23.4. The fourth-order valence-corrected chi connectivity index (χ4v) is 5.59. The van der Waals surface area contributed by atoms with Gasteiger partial charge < -0.3 is 26.2 Å². The molecule has 180 valence electrons. The molecule has 1 saturated carbocycles. The Labute approximate surface area is 192 Å². The lowest BCUT2D eigenvalue weighted by Gasteiger charge is -2.50. The van der Waals surface area contributed by atoms with Crippen molar-refractivity contribution in [2.75, 3.05) is 14.1 Å². The molecule has 4 atom stereocenters. The lowest BCUT2D eigenvalue weighted by Crippen LogP contribution is -2.65. The molecular weight excluding hydrogens is 450 g/mol. The Balaban J connectivity index is 2.02. The number of carbonyl (C=O) groups is 3. The zero-order chi connectivity index (χ0) is 25.4. The van der Waals surface area contributed by atoms with Gasteiger partial charge in [-0.2, -0.15) is 0 Å². The van der Waals surface area contributed by atoms with Crippen molar-refractivity contribution in [1.82, 2.24) is 4.90 Å². The summed E-state index contributed by atoms with van der Waals surface area (Å²) in [4.78, 5) is 51.0. The number of fused-ring (bicyclic) bond motifs is 3. The summed E-state index contributed by atoms with van der Waals surface area (Å²) in [5.41, 5.74) is 0.688. The number of primary amides is 1. The summed E-state index contributed by atoms with van der Waals surface area (Å²) in [6.45, 7) is 1.39. The lowest BCUT2D eigenvalue weighted by molar-refractivity contribution is -0.385. The van der Waals surface area contributed by atoms with E-state index in [1.54, 1.807) is 0 Å². The molecule has 3 aliphatic carbocycles. The van der Waals surface area contributed by atoms with Crippen molar-refractivity contribution in [2.45, 2.75) is 31.4 Å². The molecule has 1 aromatic carbocycles. The van der Waals surface area contributed by atoms with Crippen LogP contribution in [-0.2, 0) is 20.8 Å². The number of phenols is 1. The summed E-state index contributed by atoms with van der Waals surface area (Å²) in [5.74, 6) is -7.90. The molecule has 1 fully saturated rings. The number of likely N-dealkylation sites (N-methyl/N-ethyl adjacent to an activating group) is 1. The number of aryl methyl sites for hydroxylation is 1. The largest absolute Gasteiger partial charge is 0.508 e. The predicted molar refractivity (Wildman–Crippen MR) is 116 cm³/mol. The molecule has 0 saturated heterocycles. The average molecular weight is 473 g/mol. The Bertz CT molecular complexity index is 1260. The molecule has 4 rings (SSSR count). The number of carbonyl (C=O) groups excluding carboxylic acids is 3. The zero-order valence-corrected chi connectivity index (χ0v) is 18.5. The van der Waals surface area contributed by atoms with Crippen molar-refractivity contribution in [3.63, 3.8) is 0 Å². The number of amides is 1. The van der Waals surface area contributed by atoms with E-state index in [9.17, 15) is 44.9 Å². The van der Waals surface area contributed by atoms with Crippen LogP contribution in [0.3, 0.4) is 0 Å². The average Bonchev–Trinajstić information content (AvgIpc) is 2.72. The van der Waals surface area contributed by atoms with Gasteiger partial charge in [-0.3, -0.25) is 29.4 Å². The molecule has 12 heteroatoms. The van der Waals surface area contributed by atoms with Crippen molar-refractivity contribution in [2.24, 2.45) is 17.6 Å². The number of aromatic hydroxyl groups is 1. The molecule has 1 amide bonds. The first-order chi connectivity index (χ1) is 15.7. The third-order valence-corrected chi connectivity index (χ3v) is 7.08. The maximum atomic E-state index is 13.6. The highest BCUT2D eigenvalue weighted by Gasteiger charge is 2.64. The molecule has 0 aromatic heterocycles.